The van der Waals surface area contributed by atoms with Gasteiger partial charge in [0.1, 0.15) is 12.4 Å². The highest BCUT2D eigenvalue weighted by atomic mass is 16.5. The first-order valence-electron chi connectivity index (χ1n) is 6.95. The Morgan fingerprint density at radius 3 is 2.48 bits per heavy atom. The number of hydrogen-bond donors (Lipinski definition) is 2. The van der Waals surface area contributed by atoms with E-state index >= 15 is 0 Å². The molecule has 120 valence electrons. The number of ether oxygens (including phenoxy) is 2. The van der Waals surface area contributed by atoms with Gasteiger partial charge in [0.05, 0.1) is 19.2 Å². The highest BCUT2D eigenvalue weighted by Gasteiger charge is 2.15. The summed E-state index contributed by atoms with van der Waals surface area (Å²) in [6, 6.07) is 13.9. The number of carbonyl (C=O) groups excluding carboxylic acids is 1. The van der Waals surface area contributed by atoms with E-state index in [0.29, 0.717) is 11.3 Å². The third kappa shape index (κ3) is 4.47. The van der Waals surface area contributed by atoms with Gasteiger partial charge >= 0.3 is 12.1 Å². The van der Waals surface area contributed by atoms with Crippen molar-refractivity contribution in [2.75, 3.05) is 7.11 Å². The first-order valence-corrected chi connectivity index (χ1v) is 6.95. The summed E-state index contributed by atoms with van der Waals surface area (Å²) in [5, 5.41) is 11.7. The van der Waals surface area contributed by atoms with E-state index in [2.05, 4.69) is 5.32 Å². The fraction of sp³-hybridized carbons (Fsp3) is 0.176. The number of methoxy groups -OCH3 is 1. The minimum Gasteiger partial charge on any atom is -0.496 e. The Balaban J connectivity index is 1.97. The monoisotopic (exact) mass is 315 g/mol. The number of carbonyl (C=O) groups is 2. The lowest BCUT2D eigenvalue weighted by Gasteiger charge is -2.12. The number of aromatic carboxylic acids is 1. The molecule has 2 aromatic rings. The average Bonchev–Trinajstić information content (AvgIpc) is 2.58. The molecular weight excluding hydrogens is 298 g/mol. The van der Waals surface area contributed by atoms with Crippen molar-refractivity contribution in [3.8, 4) is 5.75 Å². The topological polar surface area (TPSA) is 84.9 Å². The summed E-state index contributed by atoms with van der Waals surface area (Å²) in [5.74, 6) is -0.688. The van der Waals surface area contributed by atoms with Crippen LogP contribution in [0.1, 0.15) is 21.5 Å². The molecule has 0 aliphatic rings. The van der Waals surface area contributed by atoms with Crippen LogP contribution in [-0.2, 0) is 17.9 Å². The summed E-state index contributed by atoms with van der Waals surface area (Å²) in [4.78, 5) is 23.0. The lowest BCUT2D eigenvalue weighted by molar-refractivity contribution is 0.0694. The maximum atomic E-state index is 11.7. The van der Waals surface area contributed by atoms with Crippen molar-refractivity contribution in [2.45, 2.75) is 13.2 Å². The summed E-state index contributed by atoms with van der Waals surface area (Å²) in [5.41, 5.74) is 1.33. The number of rotatable bonds is 6. The maximum Gasteiger partial charge on any atom is 0.407 e. The molecule has 6 nitrogen and oxygen atoms in total. The molecule has 0 heterocycles. The third-order valence-corrected chi connectivity index (χ3v) is 3.21. The third-order valence-electron chi connectivity index (χ3n) is 3.21. The Labute approximate surface area is 133 Å². The zero-order valence-electron chi connectivity index (χ0n) is 12.6. The Bertz CT molecular complexity index is 685. The molecule has 23 heavy (non-hydrogen) atoms. The normalized spacial score (nSPS) is 9.96. The second-order valence-corrected chi connectivity index (χ2v) is 4.71. The van der Waals surface area contributed by atoms with Gasteiger partial charge in [0, 0.05) is 5.56 Å². The molecule has 0 atom stereocenters. The van der Waals surface area contributed by atoms with Gasteiger partial charge in [-0.1, -0.05) is 36.4 Å². The zero-order chi connectivity index (χ0) is 16.7. The van der Waals surface area contributed by atoms with E-state index in [1.807, 2.05) is 30.3 Å². The summed E-state index contributed by atoms with van der Waals surface area (Å²) >= 11 is 0. The quantitative estimate of drug-likeness (QED) is 0.856. The zero-order valence-corrected chi connectivity index (χ0v) is 12.6. The molecule has 0 fully saturated rings. The first-order chi connectivity index (χ1) is 11.1. The van der Waals surface area contributed by atoms with Crippen LogP contribution in [0.2, 0.25) is 0 Å². The van der Waals surface area contributed by atoms with Crippen molar-refractivity contribution in [2.24, 2.45) is 0 Å². The minimum atomic E-state index is -1.08. The van der Waals surface area contributed by atoms with E-state index in [1.165, 1.54) is 13.2 Å². The lowest BCUT2D eigenvalue weighted by atomic mass is 10.1. The van der Waals surface area contributed by atoms with Crippen LogP contribution in [0.3, 0.4) is 0 Å². The SMILES string of the molecule is COc1cccc(C(=O)O)c1CNC(=O)OCc1ccccc1. The standard InChI is InChI=1S/C17H17NO5/c1-22-15-9-5-8-13(16(19)20)14(15)10-18-17(21)23-11-12-6-3-2-4-7-12/h2-9H,10-11H2,1H3,(H,18,21)(H,19,20). The van der Waals surface area contributed by atoms with Gasteiger partial charge in [-0.2, -0.15) is 0 Å². The molecule has 0 aromatic heterocycles. The molecule has 0 aliphatic carbocycles. The molecule has 0 aliphatic heterocycles. The fourth-order valence-electron chi connectivity index (χ4n) is 2.07. The van der Waals surface area contributed by atoms with E-state index in [4.69, 9.17) is 9.47 Å². The van der Waals surface area contributed by atoms with Gasteiger partial charge in [0.2, 0.25) is 0 Å². The van der Waals surface area contributed by atoms with Crippen LogP contribution in [0.4, 0.5) is 4.79 Å². The van der Waals surface area contributed by atoms with Gasteiger partial charge in [-0.05, 0) is 17.7 Å². The van der Waals surface area contributed by atoms with Gasteiger partial charge < -0.3 is 19.9 Å². The summed E-state index contributed by atoms with van der Waals surface area (Å²) in [7, 11) is 1.44. The van der Waals surface area contributed by atoms with Crippen LogP contribution in [-0.4, -0.2) is 24.3 Å². The second-order valence-electron chi connectivity index (χ2n) is 4.71. The molecule has 0 bridgehead atoms. The number of hydrogen-bond acceptors (Lipinski definition) is 4. The van der Waals surface area contributed by atoms with Gasteiger partial charge in [0.15, 0.2) is 0 Å². The van der Waals surface area contributed by atoms with Crippen molar-refractivity contribution in [3.05, 3.63) is 65.2 Å². The van der Waals surface area contributed by atoms with Gasteiger partial charge in [-0.25, -0.2) is 9.59 Å². The smallest absolute Gasteiger partial charge is 0.407 e. The maximum absolute atomic E-state index is 11.7. The largest absolute Gasteiger partial charge is 0.496 e. The molecule has 2 aromatic carbocycles. The van der Waals surface area contributed by atoms with Crippen LogP contribution in [0, 0.1) is 0 Å². The second kappa shape index (κ2) is 7.84. The van der Waals surface area contributed by atoms with Crippen LogP contribution in [0.5, 0.6) is 5.75 Å². The van der Waals surface area contributed by atoms with Crippen molar-refractivity contribution >= 4 is 12.1 Å². The summed E-state index contributed by atoms with van der Waals surface area (Å²) < 4.78 is 10.2. The molecule has 0 radical (unpaired) electrons. The molecule has 1 amide bonds. The molecule has 0 spiro atoms. The van der Waals surface area contributed by atoms with Crippen molar-refractivity contribution in [3.63, 3.8) is 0 Å². The van der Waals surface area contributed by atoms with E-state index in [1.54, 1.807) is 12.1 Å². The van der Waals surface area contributed by atoms with Gasteiger partial charge in [0.25, 0.3) is 0 Å². The van der Waals surface area contributed by atoms with Gasteiger partial charge in [-0.15, -0.1) is 0 Å². The van der Waals surface area contributed by atoms with Crippen LogP contribution >= 0.6 is 0 Å². The van der Waals surface area contributed by atoms with Crippen molar-refractivity contribution < 1.29 is 24.2 Å². The van der Waals surface area contributed by atoms with Crippen LogP contribution in [0.25, 0.3) is 0 Å². The first kappa shape index (κ1) is 16.4. The summed E-state index contributed by atoms with van der Waals surface area (Å²) in [6.07, 6.45) is -0.629. The number of nitrogens with one attached hydrogen (secondary N) is 1. The van der Waals surface area contributed by atoms with Gasteiger partial charge in [-0.3, -0.25) is 0 Å². The number of amides is 1. The predicted molar refractivity (Wildman–Crippen MR) is 83.4 cm³/mol. The molecular formula is C17H17NO5. The molecule has 0 unspecified atom stereocenters. The molecule has 2 N–H and O–H groups in total. The van der Waals surface area contributed by atoms with Crippen molar-refractivity contribution in [1.82, 2.24) is 5.32 Å². The van der Waals surface area contributed by atoms with Crippen molar-refractivity contribution in [1.29, 1.82) is 0 Å². The number of carboxylic acids is 1. The highest BCUT2D eigenvalue weighted by molar-refractivity contribution is 5.90. The number of benzene rings is 2. The molecule has 6 heteroatoms. The molecule has 0 saturated carbocycles. The predicted octanol–water partition coefficient (Wildman–Crippen LogP) is 2.82. The Morgan fingerprint density at radius 1 is 1.09 bits per heavy atom. The fourth-order valence-corrected chi connectivity index (χ4v) is 2.07. The van der Waals surface area contributed by atoms with Crippen LogP contribution < -0.4 is 10.1 Å². The lowest BCUT2D eigenvalue weighted by Crippen LogP contribution is -2.25. The van der Waals surface area contributed by atoms with E-state index in [0.717, 1.165) is 5.56 Å². The Hall–Kier alpha value is -3.02. The number of alkyl carbamates (subject to hydrolysis) is 1. The van der Waals surface area contributed by atoms with E-state index < -0.39 is 12.1 Å². The Morgan fingerprint density at radius 2 is 1.83 bits per heavy atom. The van der Waals surface area contributed by atoms with Crippen LogP contribution in [0.15, 0.2) is 48.5 Å². The molecule has 2 rings (SSSR count). The minimum absolute atomic E-state index is 0.000725. The summed E-state index contributed by atoms with van der Waals surface area (Å²) in [6.45, 7) is 0.143. The van der Waals surface area contributed by atoms with E-state index in [9.17, 15) is 14.7 Å². The average molecular weight is 315 g/mol. The highest BCUT2D eigenvalue weighted by Crippen LogP contribution is 2.22. The Kier molecular flexibility index (Phi) is 5.57. The number of carboxylic acid groups (broad SMARTS) is 1. The molecule has 0 saturated heterocycles. The van der Waals surface area contributed by atoms with E-state index in [-0.39, 0.29) is 18.7 Å².